The molecule has 1 N–H and O–H groups in total. The molecule has 0 aliphatic heterocycles. The van der Waals surface area contributed by atoms with Gasteiger partial charge in [0.15, 0.2) is 0 Å². The van der Waals surface area contributed by atoms with Crippen LogP contribution in [0, 0.1) is 0 Å². The van der Waals surface area contributed by atoms with Crippen LogP contribution >= 0.6 is 0 Å². The number of rotatable bonds is 4. The van der Waals surface area contributed by atoms with Gasteiger partial charge in [-0.1, -0.05) is 18.2 Å². The quantitative estimate of drug-likeness (QED) is 0.570. The van der Waals surface area contributed by atoms with Crippen molar-refractivity contribution in [1.29, 1.82) is 0 Å². The van der Waals surface area contributed by atoms with Gasteiger partial charge in [0.1, 0.15) is 16.7 Å². The van der Waals surface area contributed by atoms with Gasteiger partial charge in [-0.2, -0.15) is 0 Å². The summed E-state index contributed by atoms with van der Waals surface area (Å²) < 4.78 is 17.4. The van der Waals surface area contributed by atoms with Gasteiger partial charge in [0, 0.05) is 22.2 Å². The van der Waals surface area contributed by atoms with Crippen molar-refractivity contribution >= 4 is 45.9 Å². The minimum Gasteiger partial charge on any atom is -0.465 e. The molecule has 0 saturated heterocycles. The molecule has 1 radical (unpaired) electrons. The summed E-state index contributed by atoms with van der Waals surface area (Å²) in [5, 5.41) is 13.3. The normalized spacial score (nSPS) is 13.2. The maximum absolute atomic E-state index is 10.2. The summed E-state index contributed by atoms with van der Waals surface area (Å²) in [6.07, 6.45) is 1.66. The van der Waals surface area contributed by atoms with E-state index in [4.69, 9.17) is 13.5 Å². The lowest BCUT2D eigenvalue weighted by Crippen LogP contribution is -2.49. The van der Waals surface area contributed by atoms with Gasteiger partial charge in [0.25, 0.3) is 0 Å². The SMILES string of the molecule is CC(C)(O)C(C)(C)O[B]c1coc2cc3oc4ccccc4c3cc12. The van der Waals surface area contributed by atoms with Crippen molar-refractivity contribution in [2.45, 2.75) is 38.9 Å². The number of hydrogen-bond donors (Lipinski definition) is 1. The van der Waals surface area contributed by atoms with Gasteiger partial charge in [-0.3, -0.25) is 0 Å². The van der Waals surface area contributed by atoms with Crippen molar-refractivity contribution in [3.05, 3.63) is 42.7 Å². The average Bonchev–Trinajstić information content (AvgIpc) is 3.10. The second-order valence-electron chi connectivity index (χ2n) is 7.44. The predicted molar refractivity (Wildman–Crippen MR) is 100 cm³/mol. The maximum atomic E-state index is 10.2. The van der Waals surface area contributed by atoms with Gasteiger partial charge < -0.3 is 18.6 Å². The van der Waals surface area contributed by atoms with Gasteiger partial charge in [0.05, 0.1) is 17.5 Å². The van der Waals surface area contributed by atoms with Crippen molar-refractivity contribution in [1.82, 2.24) is 0 Å². The minimum absolute atomic E-state index is 0.733. The standard InChI is InChI=1S/C20H20BO4/c1-19(2,22)20(3,4)25-21-15-11-23-17-10-18-13(9-14(15)17)12-7-5-6-8-16(12)24-18/h5-11,22H,1-4H3. The van der Waals surface area contributed by atoms with Crippen LogP contribution in [-0.2, 0) is 4.65 Å². The fraction of sp³-hybridized carbons (Fsp3) is 0.300. The lowest BCUT2D eigenvalue weighted by molar-refractivity contribution is -0.0893. The molecule has 2 aromatic carbocycles. The zero-order chi connectivity index (χ0) is 17.8. The molecule has 4 aromatic rings. The molecule has 0 aliphatic carbocycles. The number of benzene rings is 2. The number of furan rings is 2. The fourth-order valence-electron chi connectivity index (χ4n) is 2.71. The van der Waals surface area contributed by atoms with E-state index in [1.807, 2.05) is 44.2 Å². The molecular weight excluding hydrogens is 315 g/mol. The van der Waals surface area contributed by atoms with E-state index in [0.29, 0.717) is 0 Å². The first kappa shape index (κ1) is 16.2. The van der Waals surface area contributed by atoms with E-state index in [1.54, 1.807) is 27.6 Å². The van der Waals surface area contributed by atoms with E-state index in [0.717, 1.165) is 38.4 Å². The van der Waals surface area contributed by atoms with E-state index in [9.17, 15) is 5.11 Å². The van der Waals surface area contributed by atoms with Crippen LogP contribution in [0.15, 0.2) is 51.5 Å². The Morgan fingerprint density at radius 1 is 0.920 bits per heavy atom. The highest BCUT2D eigenvalue weighted by Gasteiger charge is 2.36. The molecule has 0 fully saturated rings. The van der Waals surface area contributed by atoms with Crippen molar-refractivity contribution in [3.63, 3.8) is 0 Å². The Morgan fingerprint density at radius 3 is 2.44 bits per heavy atom. The molecule has 0 saturated carbocycles. The topological polar surface area (TPSA) is 55.7 Å². The molecule has 0 aliphatic rings. The molecule has 127 valence electrons. The molecule has 5 heteroatoms. The molecule has 0 unspecified atom stereocenters. The van der Waals surface area contributed by atoms with Gasteiger partial charge >= 0.3 is 7.48 Å². The molecule has 2 aromatic heterocycles. The molecule has 4 nitrogen and oxygen atoms in total. The summed E-state index contributed by atoms with van der Waals surface area (Å²) in [6.45, 7) is 7.17. The summed E-state index contributed by atoms with van der Waals surface area (Å²) in [5.74, 6) is 0. The Balaban J connectivity index is 1.76. The third-order valence-corrected chi connectivity index (χ3v) is 5.06. The molecule has 0 spiro atoms. The van der Waals surface area contributed by atoms with Crippen LogP contribution in [0.4, 0.5) is 0 Å². The molecule has 2 heterocycles. The largest absolute Gasteiger partial charge is 0.465 e. The molecule has 4 rings (SSSR count). The minimum atomic E-state index is -0.975. The summed E-state index contributed by atoms with van der Waals surface area (Å²) >= 11 is 0. The van der Waals surface area contributed by atoms with Crippen LogP contribution in [-0.4, -0.2) is 23.8 Å². The Bertz CT molecular complexity index is 1070. The van der Waals surface area contributed by atoms with Crippen molar-refractivity contribution in [3.8, 4) is 0 Å². The third kappa shape index (κ3) is 2.64. The lowest BCUT2D eigenvalue weighted by Gasteiger charge is -2.37. The Kier molecular flexibility index (Phi) is 3.50. The van der Waals surface area contributed by atoms with E-state index in [2.05, 4.69) is 6.07 Å². The van der Waals surface area contributed by atoms with Crippen LogP contribution < -0.4 is 5.46 Å². The molecular formula is C20H20BO4. The first-order valence-corrected chi connectivity index (χ1v) is 8.32. The summed E-state index contributed by atoms with van der Waals surface area (Å²) in [7, 11) is 1.65. The van der Waals surface area contributed by atoms with Gasteiger partial charge in [-0.25, -0.2) is 0 Å². The highest BCUT2D eigenvalue weighted by Crippen LogP contribution is 2.32. The smallest absolute Gasteiger partial charge is 0.334 e. The molecule has 0 bridgehead atoms. The van der Waals surface area contributed by atoms with Crippen molar-refractivity contribution in [2.24, 2.45) is 0 Å². The lowest BCUT2D eigenvalue weighted by atomic mass is 9.82. The van der Waals surface area contributed by atoms with E-state index >= 15 is 0 Å². The van der Waals surface area contributed by atoms with Crippen LogP contribution in [0.25, 0.3) is 32.9 Å². The predicted octanol–water partition coefficient (Wildman–Crippen LogP) is 4.14. The zero-order valence-electron chi connectivity index (χ0n) is 14.8. The van der Waals surface area contributed by atoms with Crippen LogP contribution in [0.5, 0.6) is 0 Å². The Labute approximate surface area is 146 Å². The first-order chi connectivity index (χ1) is 11.8. The number of fused-ring (bicyclic) bond motifs is 4. The first-order valence-electron chi connectivity index (χ1n) is 8.32. The van der Waals surface area contributed by atoms with Crippen molar-refractivity contribution < 1.29 is 18.6 Å². The summed E-state index contributed by atoms with van der Waals surface area (Å²) in [4.78, 5) is 0. The van der Waals surface area contributed by atoms with E-state index in [-0.39, 0.29) is 0 Å². The number of para-hydroxylation sites is 1. The fourth-order valence-corrected chi connectivity index (χ4v) is 2.71. The van der Waals surface area contributed by atoms with Gasteiger partial charge in [0.2, 0.25) is 0 Å². The Hall–Kier alpha value is -2.24. The van der Waals surface area contributed by atoms with Crippen molar-refractivity contribution in [2.75, 3.05) is 0 Å². The molecule has 0 amide bonds. The summed E-state index contributed by atoms with van der Waals surface area (Å²) in [6, 6.07) is 11.9. The van der Waals surface area contributed by atoms with Gasteiger partial charge in [-0.15, -0.1) is 0 Å². The van der Waals surface area contributed by atoms with Gasteiger partial charge in [-0.05, 0) is 45.3 Å². The highest BCUT2D eigenvalue weighted by atomic mass is 16.5. The second kappa shape index (κ2) is 5.38. The monoisotopic (exact) mass is 335 g/mol. The number of aliphatic hydroxyl groups is 1. The Morgan fingerprint density at radius 2 is 1.68 bits per heavy atom. The maximum Gasteiger partial charge on any atom is 0.334 e. The highest BCUT2D eigenvalue weighted by molar-refractivity contribution is 6.51. The zero-order valence-corrected chi connectivity index (χ0v) is 14.8. The third-order valence-electron chi connectivity index (χ3n) is 5.06. The molecule has 0 atom stereocenters. The van der Waals surface area contributed by atoms with E-state index in [1.165, 1.54) is 0 Å². The van der Waals surface area contributed by atoms with Crippen LogP contribution in [0.1, 0.15) is 27.7 Å². The average molecular weight is 335 g/mol. The second-order valence-corrected chi connectivity index (χ2v) is 7.44. The summed E-state index contributed by atoms with van der Waals surface area (Å²) in [5.41, 5.74) is 1.52. The molecule has 25 heavy (non-hydrogen) atoms. The number of hydrogen-bond acceptors (Lipinski definition) is 4. The van der Waals surface area contributed by atoms with Crippen LogP contribution in [0.2, 0.25) is 0 Å². The van der Waals surface area contributed by atoms with E-state index < -0.39 is 11.2 Å². The van der Waals surface area contributed by atoms with Crippen LogP contribution in [0.3, 0.4) is 0 Å².